The van der Waals surface area contributed by atoms with Crippen LogP contribution >= 0.6 is 0 Å². The van der Waals surface area contributed by atoms with Crippen LogP contribution in [0.15, 0.2) is 33.5 Å². The lowest BCUT2D eigenvalue weighted by atomic mass is 10.1. The summed E-state index contributed by atoms with van der Waals surface area (Å²) in [6.07, 6.45) is 2.10. The Kier molecular flexibility index (Phi) is 4.66. The zero-order valence-electron chi connectivity index (χ0n) is 14.0. The molecular formula is C18H23N4O2+. The Morgan fingerprint density at radius 3 is 2.88 bits per heavy atom. The number of H-pyrrole nitrogens is 1. The van der Waals surface area contributed by atoms with Gasteiger partial charge in [0.25, 0.3) is 5.43 Å². The second-order valence-electron chi connectivity index (χ2n) is 5.90. The molecule has 0 saturated heterocycles. The third kappa shape index (κ3) is 3.19. The second-order valence-corrected chi connectivity index (χ2v) is 5.90. The third-order valence-corrected chi connectivity index (χ3v) is 4.04. The molecule has 6 heteroatoms. The molecule has 6 nitrogen and oxygen atoms in total. The predicted molar refractivity (Wildman–Crippen MR) is 94.7 cm³/mol. The van der Waals surface area contributed by atoms with Crippen molar-refractivity contribution in [2.24, 2.45) is 5.73 Å². The fourth-order valence-electron chi connectivity index (χ4n) is 2.71. The van der Waals surface area contributed by atoms with E-state index in [2.05, 4.69) is 22.2 Å². The number of fused-ring (bicyclic) bond motifs is 2. The number of aromatic amines is 1. The van der Waals surface area contributed by atoms with Gasteiger partial charge >= 0.3 is 0 Å². The molecule has 0 bridgehead atoms. The molecule has 1 aliphatic carbocycles. The van der Waals surface area contributed by atoms with Gasteiger partial charge in [-0.15, -0.1) is 0 Å². The Labute approximate surface area is 139 Å². The Balaban J connectivity index is 2.17. The predicted octanol–water partition coefficient (Wildman–Crippen LogP) is 0.644. The van der Waals surface area contributed by atoms with E-state index in [1.165, 1.54) is 0 Å². The molecule has 1 aromatic rings. The van der Waals surface area contributed by atoms with Crippen molar-refractivity contribution in [3.63, 3.8) is 0 Å². The van der Waals surface area contributed by atoms with E-state index in [-0.39, 0.29) is 5.43 Å². The first-order chi connectivity index (χ1) is 11.6. The summed E-state index contributed by atoms with van der Waals surface area (Å²) in [7, 11) is 0. The van der Waals surface area contributed by atoms with Crippen molar-refractivity contribution < 1.29 is 9.41 Å². The lowest BCUT2D eigenvalue weighted by Gasteiger charge is -2.11. The van der Waals surface area contributed by atoms with Gasteiger partial charge in [-0.05, 0) is 18.6 Å². The molecule has 0 unspecified atom stereocenters. The maximum atomic E-state index is 12.2. The molecule has 2 aliphatic rings. The number of aromatic nitrogens is 1. The van der Waals surface area contributed by atoms with Crippen LogP contribution in [0.4, 0.5) is 5.69 Å². The number of benzene rings is 2. The fraction of sp³-hybridized carbons (Fsp3) is 0.333. The van der Waals surface area contributed by atoms with Crippen molar-refractivity contribution in [3.8, 4) is 11.5 Å². The van der Waals surface area contributed by atoms with Crippen LogP contribution in [0.25, 0.3) is 22.6 Å². The number of anilines is 1. The highest BCUT2D eigenvalue weighted by molar-refractivity contribution is 5.81. The van der Waals surface area contributed by atoms with Gasteiger partial charge in [0.15, 0.2) is 11.3 Å². The Morgan fingerprint density at radius 1 is 1.29 bits per heavy atom. The van der Waals surface area contributed by atoms with E-state index in [1.54, 1.807) is 12.1 Å². The van der Waals surface area contributed by atoms with Gasteiger partial charge in [0, 0.05) is 24.2 Å². The van der Waals surface area contributed by atoms with Crippen molar-refractivity contribution in [2.45, 2.75) is 26.7 Å². The average molecular weight is 327 g/mol. The first-order valence-electron chi connectivity index (χ1n) is 8.24. The number of hydrogen-bond donors (Lipinski definition) is 4. The van der Waals surface area contributed by atoms with Crippen LogP contribution in [0.5, 0.6) is 0 Å². The van der Waals surface area contributed by atoms with Gasteiger partial charge in [0.05, 0.1) is 23.9 Å². The van der Waals surface area contributed by atoms with Crippen molar-refractivity contribution in [1.29, 1.82) is 0 Å². The van der Waals surface area contributed by atoms with E-state index in [0.717, 1.165) is 36.2 Å². The highest BCUT2D eigenvalue weighted by Crippen LogP contribution is 2.27. The molecule has 0 radical (unpaired) electrons. The van der Waals surface area contributed by atoms with Gasteiger partial charge in [0.1, 0.15) is 6.54 Å². The highest BCUT2D eigenvalue weighted by Gasteiger charge is 2.13. The van der Waals surface area contributed by atoms with E-state index < -0.39 is 0 Å². The van der Waals surface area contributed by atoms with Gasteiger partial charge < -0.3 is 20.5 Å². The first kappa shape index (κ1) is 16.3. The monoisotopic (exact) mass is 327 g/mol. The normalized spacial score (nSPS) is 12.2. The van der Waals surface area contributed by atoms with Crippen LogP contribution in [-0.2, 0) is 0 Å². The van der Waals surface area contributed by atoms with Crippen LogP contribution in [0, 0.1) is 6.92 Å². The molecule has 0 aromatic heterocycles. The Morgan fingerprint density at radius 2 is 2.12 bits per heavy atom. The molecule has 1 heterocycles. The minimum atomic E-state index is -0.0393. The van der Waals surface area contributed by atoms with Crippen LogP contribution in [-0.4, -0.2) is 18.2 Å². The maximum absolute atomic E-state index is 12.2. The minimum Gasteiger partial charge on any atom is -0.453 e. The van der Waals surface area contributed by atoms with E-state index in [9.17, 15) is 4.79 Å². The van der Waals surface area contributed by atoms with Gasteiger partial charge in [-0.3, -0.25) is 4.79 Å². The lowest BCUT2D eigenvalue weighted by Crippen LogP contribution is -2.79. The number of nitrogens with two attached hydrogens (primary N) is 1. The molecule has 5 N–H and O–H groups in total. The van der Waals surface area contributed by atoms with Crippen LogP contribution in [0.1, 0.15) is 25.3 Å². The summed E-state index contributed by atoms with van der Waals surface area (Å²) >= 11 is 0. The summed E-state index contributed by atoms with van der Waals surface area (Å²) in [5, 5.41) is 3.68. The molecule has 3 rings (SSSR count). The molecule has 0 spiro atoms. The summed E-state index contributed by atoms with van der Waals surface area (Å²) in [4.78, 5) is 18.7. The summed E-state index contributed by atoms with van der Waals surface area (Å²) in [6.45, 7) is 5.24. The molecule has 1 aromatic carbocycles. The van der Waals surface area contributed by atoms with Gasteiger partial charge in [-0.1, -0.05) is 13.3 Å². The quantitative estimate of drug-likeness (QED) is 0.314. The minimum absolute atomic E-state index is 0.0393. The Hall–Kier alpha value is -2.60. The molecule has 0 atom stereocenters. The molecular weight excluding hydrogens is 304 g/mol. The third-order valence-electron chi connectivity index (χ3n) is 4.04. The SMILES string of the molecule is CCCC[NH+]=c1cc2oc3cc(NCN)c(C)cc3[nH]c-2cc1=O. The zero-order valence-corrected chi connectivity index (χ0v) is 14.0. The number of hydrogen-bond acceptors (Lipinski definition) is 4. The van der Waals surface area contributed by atoms with Gasteiger partial charge in [0.2, 0.25) is 5.36 Å². The summed E-state index contributed by atoms with van der Waals surface area (Å²) in [6, 6.07) is 7.24. The van der Waals surface area contributed by atoms with Crippen molar-refractivity contribution in [3.05, 3.63) is 45.4 Å². The molecule has 0 saturated carbocycles. The summed E-state index contributed by atoms with van der Waals surface area (Å²) in [5.74, 6) is 0.642. The smallest absolute Gasteiger partial charge is 0.251 e. The van der Waals surface area contributed by atoms with Gasteiger partial charge in [-0.2, -0.15) is 0 Å². The molecule has 0 fully saturated rings. The van der Waals surface area contributed by atoms with Crippen LogP contribution in [0.3, 0.4) is 0 Å². The van der Waals surface area contributed by atoms with Crippen molar-refractivity contribution >= 4 is 16.8 Å². The van der Waals surface area contributed by atoms with Crippen molar-refractivity contribution in [2.75, 3.05) is 18.5 Å². The van der Waals surface area contributed by atoms with Crippen LogP contribution < -0.4 is 26.8 Å². The fourth-order valence-corrected chi connectivity index (χ4v) is 2.71. The van der Waals surface area contributed by atoms with Crippen molar-refractivity contribution in [1.82, 2.24) is 4.98 Å². The topological polar surface area (TPSA) is 98.0 Å². The zero-order chi connectivity index (χ0) is 17.1. The highest BCUT2D eigenvalue weighted by atomic mass is 16.3. The van der Waals surface area contributed by atoms with Crippen LogP contribution in [0.2, 0.25) is 0 Å². The molecule has 0 amide bonds. The lowest BCUT2D eigenvalue weighted by molar-refractivity contribution is -0.501. The number of unbranched alkanes of at least 4 members (excludes halogenated alkanes) is 1. The van der Waals surface area contributed by atoms with E-state index in [0.29, 0.717) is 29.1 Å². The average Bonchev–Trinajstić information content (AvgIpc) is 2.55. The second kappa shape index (κ2) is 6.88. The molecule has 1 aliphatic heterocycles. The molecule has 24 heavy (non-hydrogen) atoms. The number of rotatable bonds is 5. The number of nitrogens with one attached hydrogen (secondary N) is 3. The van der Waals surface area contributed by atoms with Gasteiger partial charge in [-0.25, -0.2) is 4.99 Å². The summed E-state index contributed by atoms with van der Waals surface area (Å²) < 4.78 is 6.00. The standard InChI is InChI=1S/C18H22N4O2/c1-3-4-5-20-13-9-18-15(7-16(13)23)22-14-6-11(2)12(21-10-19)8-17(14)24-18/h6-9,21-22H,3-5,10,19H2,1-2H3/p+1. The maximum Gasteiger partial charge on any atom is 0.251 e. The summed E-state index contributed by atoms with van der Waals surface area (Å²) in [5.41, 5.74) is 9.75. The first-order valence-corrected chi connectivity index (χ1v) is 8.24. The Bertz CT molecular complexity index is 955. The number of aryl methyl sites for hydroxylation is 1. The van der Waals surface area contributed by atoms with E-state index in [1.807, 2.05) is 19.1 Å². The largest absolute Gasteiger partial charge is 0.453 e. The molecule has 126 valence electrons. The van der Waals surface area contributed by atoms with E-state index in [4.69, 9.17) is 10.2 Å². The van der Waals surface area contributed by atoms with E-state index >= 15 is 0 Å².